The highest BCUT2D eigenvalue weighted by molar-refractivity contribution is 5.91. The molecule has 0 aliphatic rings. The van der Waals surface area contributed by atoms with Crippen molar-refractivity contribution in [3.8, 4) is 11.8 Å². The zero-order valence-electron chi connectivity index (χ0n) is 14.2. The highest BCUT2D eigenvalue weighted by Crippen LogP contribution is 2.16. The van der Waals surface area contributed by atoms with Gasteiger partial charge in [0.1, 0.15) is 5.60 Å². The Hall–Kier alpha value is -2.48. The molecule has 0 heterocycles. The number of aryl methyl sites for hydroxylation is 2. The fourth-order valence-corrected chi connectivity index (χ4v) is 2.08. The lowest BCUT2D eigenvalue weighted by atomic mass is 9.99. The van der Waals surface area contributed by atoms with Gasteiger partial charge in [-0.1, -0.05) is 11.8 Å². The van der Waals surface area contributed by atoms with Crippen molar-refractivity contribution in [3.05, 3.63) is 34.4 Å². The Balaban J connectivity index is 2.58. The smallest absolute Gasteiger partial charge is 0.407 e. The van der Waals surface area contributed by atoms with Crippen molar-refractivity contribution in [1.29, 1.82) is 0 Å². The molecule has 23 heavy (non-hydrogen) atoms. The number of hydrogen-bond acceptors (Lipinski definition) is 3. The average Bonchev–Trinajstić information content (AvgIpc) is 2.34. The van der Waals surface area contributed by atoms with E-state index in [2.05, 4.69) is 17.2 Å². The van der Waals surface area contributed by atoms with Crippen LogP contribution in [0.5, 0.6) is 0 Å². The summed E-state index contributed by atoms with van der Waals surface area (Å²) in [5.41, 5.74) is 1.95. The van der Waals surface area contributed by atoms with Gasteiger partial charge in [-0.2, -0.15) is 0 Å². The maximum Gasteiger partial charge on any atom is 0.407 e. The van der Waals surface area contributed by atoms with E-state index >= 15 is 0 Å². The van der Waals surface area contributed by atoms with Gasteiger partial charge in [-0.15, -0.1) is 0 Å². The van der Waals surface area contributed by atoms with Crippen LogP contribution in [0.4, 0.5) is 4.79 Å². The van der Waals surface area contributed by atoms with Crippen molar-refractivity contribution in [2.24, 2.45) is 0 Å². The molecule has 0 atom stereocenters. The van der Waals surface area contributed by atoms with E-state index in [1.165, 1.54) is 0 Å². The third kappa shape index (κ3) is 6.43. The molecule has 5 nitrogen and oxygen atoms in total. The molecule has 1 aromatic rings. The molecular formula is C18H23NO4. The van der Waals surface area contributed by atoms with Crippen LogP contribution in [0.15, 0.2) is 12.1 Å². The molecule has 0 aromatic heterocycles. The summed E-state index contributed by atoms with van der Waals surface area (Å²) in [5, 5.41) is 11.8. The van der Waals surface area contributed by atoms with Crippen molar-refractivity contribution in [3.63, 3.8) is 0 Å². The summed E-state index contributed by atoms with van der Waals surface area (Å²) < 4.78 is 5.12. The van der Waals surface area contributed by atoms with Crippen LogP contribution in [0.3, 0.4) is 0 Å². The number of carbonyl (C=O) groups excluding carboxylic acids is 1. The summed E-state index contributed by atoms with van der Waals surface area (Å²) >= 11 is 0. The van der Waals surface area contributed by atoms with Crippen LogP contribution < -0.4 is 5.32 Å². The first-order valence-electron chi connectivity index (χ1n) is 7.40. The Kier molecular flexibility index (Phi) is 6.20. The number of nitrogens with one attached hydrogen (secondary N) is 1. The van der Waals surface area contributed by atoms with Crippen molar-refractivity contribution >= 4 is 12.1 Å². The molecule has 2 N–H and O–H groups in total. The van der Waals surface area contributed by atoms with E-state index in [1.807, 2.05) is 0 Å². The minimum absolute atomic E-state index is 0.321. The van der Waals surface area contributed by atoms with Crippen LogP contribution >= 0.6 is 0 Å². The number of rotatable bonds is 3. The number of ether oxygens (including phenoxy) is 1. The molecule has 0 saturated heterocycles. The summed E-state index contributed by atoms with van der Waals surface area (Å²) in [6, 6.07) is 3.51. The first-order chi connectivity index (χ1) is 10.6. The molecule has 1 amide bonds. The molecule has 124 valence electrons. The normalized spacial score (nSPS) is 10.5. The van der Waals surface area contributed by atoms with Crippen LogP contribution in [-0.2, 0) is 4.74 Å². The van der Waals surface area contributed by atoms with E-state index in [0.717, 1.165) is 5.56 Å². The highest BCUT2D eigenvalue weighted by atomic mass is 16.6. The van der Waals surface area contributed by atoms with Gasteiger partial charge in [0.25, 0.3) is 0 Å². The van der Waals surface area contributed by atoms with E-state index in [0.29, 0.717) is 29.7 Å². The zero-order valence-corrected chi connectivity index (χ0v) is 14.2. The Morgan fingerprint density at radius 3 is 2.26 bits per heavy atom. The third-order valence-corrected chi connectivity index (χ3v) is 2.90. The number of alkyl carbamates (subject to hydrolysis) is 1. The number of amides is 1. The average molecular weight is 317 g/mol. The van der Waals surface area contributed by atoms with Crippen LogP contribution in [-0.4, -0.2) is 29.3 Å². The van der Waals surface area contributed by atoms with Crippen LogP contribution in [0, 0.1) is 25.7 Å². The lowest BCUT2D eigenvalue weighted by Crippen LogP contribution is -2.32. The second-order valence-corrected chi connectivity index (χ2v) is 6.27. The van der Waals surface area contributed by atoms with E-state index in [-0.39, 0.29) is 0 Å². The van der Waals surface area contributed by atoms with Gasteiger partial charge in [0, 0.05) is 18.5 Å². The maximum absolute atomic E-state index is 11.4. The molecule has 5 heteroatoms. The van der Waals surface area contributed by atoms with Gasteiger partial charge in [0.2, 0.25) is 0 Å². The first kappa shape index (κ1) is 18.6. The molecule has 0 saturated carbocycles. The predicted molar refractivity (Wildman–Crippen MR) is 88.6 cm³/mol. The molecule has 0 spiro atoms. The Labute approximate surface area is 137 Å². The standard InChI is InChI=1S/C18H23NO4/c1-12-10-14(11-13(2)15(12)16(20)21)8-6-7-9-19-17(22)23-18(3,4)5/h10-11H,7,9H2,1-5H3,(H,19,22)(H,20,21). The summed E-state index contributed by atoms with van der Waals surface area (Å²) in [7, 11) is 0. The van der Waals surface area contributed by atoms with Crippen molar-refractivity contribution < 1.29 is 19.4 Å². The molecule has 1 rings (SSSR count). The Bertz CT molecular complexity index is 637. The van der Waals surface area contributed by atoms with Crippen molar-refractivity contribution in [2.45, 2.75) is 46.6 Å². The number of benzene rings is 1. The van der Waals surface area contributed by atoms with Crippen molar-refractivity contribution in [2.75, 3.05) is 6.54 Å². The molecule has 0 radical (unpaired) electrons. The second kappa shape index (κ2) is 7.68. The molecule has 0 aliphatic heterocycles. The lowest BCUT2D eigenvalue weighted by molar-refractivity contribution is 0.0528. The van der Waals surface area contributed by atoms with Gasteiger partial charge in [0.15, 0.2) is 0 Å². The van der Waals surface area contributed by atoms with Gasteiger partial charge in [-0.25, -0.2) is 9.59 Å². The van der Waals surface area contributed by atoms with Crippen molar-refractivity contribution in [1.82, 2.24) is 5.32 Å². The Morgan fingerprint density at radius 1 is 1.22 bits per heavy atom. The minimum Gasteiger partial charge on any atom is -0.478 e. The third-order valence-electron chi connectivity index (χ3n) is 2.90. The van der Waals surface area contributed by atoms with Gasteiger partial charge in [-0.3, -0.25) is 0 Å². The number of hydrogen-bond donors (Lipinski definition) is 2. The first-order valence-corrected chi connectivity index (χ1v) is 7.40. The second-order valence-electron chi connectivity index (χ2n) is 6.27. The molecular weight excluding hydrogens is 294 g/mol. The van der Waals surface area contributed by atoms with E-state index < -0.39 is 17.7 Å². The predicted octanol–water partition coefficient (Wildman–Crippen LogP) is 3.27. The fraction of sp³-hybridized carbons (Fsp3) is 0.444. The van der Waals surface area contributed by atoms with Crippen LogP contribution in [0.1, 0.15) is 54.2 Å². The van der Waals surface area contributed by atoms with Crippen LogP contribution in [0.2, 0.25) is 0 Å². The van der Waals surface area contributed by atoms with Gasteiger partial charge in [0.05, 0.1) is 5.56 Å². The summed E-state index contributed by atoms with van der Waals surface area (Å²) in [5.74, 6) is 5.01. The lowest BCUT2D eigenvalue weighted by Gasteiger charge is -2.19. The highest BCUT2D eigenvalue weighted by Gasteiger charge is 2.15. The van der Waals surface area contributed by atoms with E-state index in [9.17, 15) is 9.59 Å². The quantitative estimate of drug-likeness (QED) is 0.663. The molecule has 0 fully saturated rings. The summed E-state index contributed by atoms with van der Waals surface area (Å²) in [4.78, 5) is 22.6. The zero-order chi connectivity index (χ0) is 17.6. The molecule has 0 unspecified atom stereocenters. The van der Waals surface area contributed by atoms with E-state index in [4.69, 9.17) is 9.84 Å². The minimum atomic E-state index is -0.930. The number of aromatic carboxylic acids is 1. The molecule has 0 aliphatic carbocycles. The SMILES string of the molecule is Cc1cc(C#CCCNC(=O)OC(C)(C)C)cc(C)c1C(=O)O. The summed E-state index contributed by atoms with van der Waals surface area (Å²) in [6.45, 7) is 9.32. The van der Waals surface area contributed by atoms with E-state index in [1.54, 1.807) is 46.8 Å². The largest absolute Gasteiger partial charge is 0.478 e. The topological polar surface area (TPSA) is 75.6 Å². The fourth-order valence-electron chi connectivity index (χ4n) is 2.08. The number of carboxylic acid groups (broad SMARTS) is 1. The summed E-state index contributed by atoms with van der Waals surface area (Å²) in [6.07, 6.45) is 0.0229. The monoisotopic (exact) mass is 317 g/mol. The molecule has 1 aromatic carbocycles. The molecule has 0 bridgehead atoms. The number of carbonyl (C=O) groups is 2. The van der Waals surface area contributed by atoms with Crippen LogP contribution in [0.25, 0.3) is 0 Å². The maximum atomic E-state index is 11.4. The van der Waals surface area contributed by atoms with Gasteiger partial charge in [-0.05, 0) is 57.9 Å². The van der Waals surface area contributed by atoms with Gasteiger partial charge >= 0.3 is 12.1 Å². The number of carboxylic acids is 1. The van der Waals surface area contributed by atoms with Gasteiger partial charge < -0.3 is 15.2 Å². The Morgan fingerprint density at radius 2 is 1.78 bits per heavy atom.